The number of hydrogen-bond acceptors (Lipinski definition) is 3. The van der Waals surface area contributed by atoms with Crippen LogP contribution in [-0.4, -0.2) is 9.55 Å². The Morgan fingerprint density at radius 3 is 2.95 bits per heavy atom. The van der Waals surface area contributed by atoms with E-state index >= 15 is 0 Å². The fraction of sp³-hybridized carbons (Fsp3) is 0.133. The first kappa shape index (κ1) is 14.6. The number of para-hydroxylation sites is 1. The van der Waals surface area contributed by atoms with E-state index in [2.05, 4.69) is 39.2 Å². The molecular weight excluding hydrogens is 370 g/mol. The van der Waals surface area contributed by atoms with Crippen molar-refractivity contribution in [2.45, 2.75) is 13.5 Å². The molecule has 0 atom stereocenters. The summed E-state index contributed by atoms with van der Waals surface area (Å²) in [6, 6.07) is 8.00. The van der Waals surface area contributed by atoms with Crippen LogP contribution >= 0.6 is 38.9 Å². The van der Waals surface area contributed by atoms with Crippen LogP contribution in [0.15, 0.2) is 47.5 Å². The maximum atomic E-state index is 6.34. The summed E-state index contributed by atoms with van der Waals surface area (Å²) in [7, 11) is 0. The SMILES string of the molecule is Cc1sc(CNc2cccc(Cl)c2-n2ccnc2)cc1Br. The lowest BCUT2D eigenvalue weighted by Gasteiger charge is -2.13. The van der Waals surface area contributed by atoms with Crippen molar-refractivity contribution >= 4 is 44.6 Å². The molecule has 0 bridgehead atoms. The summed E-state index contributed by atoms with van der Waals surface area (Å²) in [4.78, 5) is 6.65. The first-order valence-corrected chi connectivity index (χ1v) is 8.39. The second-order valence-corrected chi connectivity index (χ2v) is 7.18. The Bertz CT molecular complexity index is 733. The molecule has 21 heavy (non-hydrogen) atoms. The third-order valence-electron chi connectivity index (χ3n) is 3.11. The molecule has 1 N–H and O–H groups in total. The van der Waals surface area contributed by atoms with Gasteiger partial charge in [0.25, 0.3) is 0 Å². The molecule has 6 heteroatoms. The van der Waals surface area contributed by atoms with Crippen molar-refractivity contribution in [2.75, 3.05) is 5.32 Å². The van der Waals surface area contributed by atoms with Crippen LogP contribution in [0.5, 0.6) is 0 Å². The lowest BCUT2D eigenvalue weighted by molar-refractivity contribution is 1.05. The number of anilines is 1. The number of nitrogens with zero attached hydrogens (tertiary/aromatic N) is 2. The van der Waals surface area contributed by atoms with Crippen molar-refractivity contribution < 1.29 is 0 Å². The van der Waals surface area contributed by atoms with Crippen LogP contribution in [0, 0.1) is 6.92 Å². The second-order valence-electron chi connectivity index (χ2n) is 4.58. The van der Waals surface area contributed by atoms with Gasteiger partial charge in [0.15, 0.2) is 0 Å². The molecule has 0 unspecified atom stereocenters. The maximum Gasteiger partial charge on any atom is 0.0992 e. The van der Waals surface area contributed by atoms with Crippen LogP contribution in [0.3, 0.4) is 0 Å². The summed E-state index contributed by atoms with van der Waals surface area (Å²) >= 11 is 11.7. The number of aromatic nitrogens is 2. The number of imidazole rings is 1. The molecule has 0 aliphatic rings. The van der Waals surface area contributed by atoms with E-state index in [1.165, 1.54) is 9.75 Å². The Kier molecular flexibility index (Phi) is 4.33. The highest BCUT2D eigenvalue weighted by Gasteiger charge is 2.09. The molecule has 0 radical (unpaired) electrons. The minimum atomic E-state index is 0.696. The van der Waals surface area contributed by atoms with Crippen LogP contribution in [0.25, 0.3) is 5.69 Å². The normalized spacial score (nSPS) is 10.8. The summed E-state index contributed by atoms with van der Waals surface area (Å²) in [5.74, 6) is 0. The van der Waals surface area contributed by atoms with Gasteiger partial charge in [-0.3, -0.25) is 0 Å². The summed E-state index contributed by atoms with van der Waals surface area (Å²) in [6.45, 7) is 2.87. The van der Waals surface area contributed by atoms with Crippen molar-refractivity contribution in [1.29, 1.82) is 0 Å². The van der Waals surface area contributed by atoms with Gasteiger partial charge in [0.2, 0.25) is 0 Å². The van der Waals surface area contributed by atoms with E-state index in [0.29, 0.717) is 5.02 Å². The number of nitrogens with one attached hydrogen (secondary N) is 1. The predicted octanol–water partition coefficient (Wildman–Crippen LogP) is 5.27. The van der Waals surface area contributed by atoms with Crippen molar-refractivity contribution in [1.82, 2.24) is 9.55 Å². The molecule has 3 aromatic rings. The molecule has 3 nitrogen and oxygen atoms in total. The monoisotopic (exact) mass is 381 g/mol. The molecule has 0 fully saturated rings. The van der Waals surface area contributed by atoms with Gasteiger partial charge in [-0.15, -0.1) is 11.3 Å². The zero-order valence-corrected chi connectivity index (χ0v) is 14.5. The van der Waals surface area contributed by atoms with Gasteiger partial charge in [-0.1, -0.05) is 17.7 Å². The molecule has 108 valence electrons. The molecule has 0 spiro atoms. The van der Waals surface area contributed by atoms with E-state index < -0.39 is 0 Å². The number of aryl methyl sites for hydroxylation is 1. The van der Waals surface area contributed by atoms with Gasteiger partial charge in [0, 0.05) is 33.2 Å². The number of halogens is 2. The fourth-order valence-corrected chi connectivity index (χ4v) is 3.91. The lowest BCUT2D eigenvalue weighted by Crippen LogP contribution is -2.03. The highest BCUT2D eigenvalue weighted by atomic mass is 79.9. The van der Waals surface area contributed by atoms with Gasteiger partial charge in [0.1, 0.15) is 0 Å². The van der Waals surface area contributed by atoms with Crippen molar-refractivity contribution in [3.05, 3.63) is 62.2 Å². The van der Waals surface area contributed by atoms with E-state index in [0.717, 1.165) is 22.4 Å². The quantitative estimate of drug-likeness (QED) is 0.666. The molecule has 0 aliphatic carbocycles. The summed E-state index contributed by atoms with van der Waals surface area (Å²) in [5.41, 5.74) is 1.91. The van der Waals surface area contributed by atoms with Gasteiger partial charge in [0.05, 0.1) is 22.7 Å². The van der Waals surface area contributed by atoms with Gasteiger partial charge < -0.3 is 9.88 Å². The molecule has 3 rings (SSSR count). The van der Waals surface area contributed by atoms with Gasteiger partial charge in [-0.25, -0.2) is 4.98 Å². The average molecular weight is 383 g/mol. The Balaban J connectivity index is 1.87. The van der Waals surface area contributed by atoms with Crippen LogP contribution in [0.4, 0.5) is 5.69 Å². The number of rotatable bonds is 4. The largest absolute Gasteiger partial charge is 0.378 e. The van der Waals surface area contributed by atoms with Crippen LogP contribution in [0.1, 0.15) is 9.75 Å². The van der Waals surface area contributed by atoms with Gasteiger partial charge in [-0.05, 0) is 41.1 Å². The highest BCUT2D eigenvalue weighted by Crippen LogP contribution is 2.30. The molecule has 0 saturated heterocycles. The molecule has 0 aliphatic heterocycles. The Labute approximate surface area is 140 Å². The topological polar surface area (TPSA) is 29.9 Å². The minimum absolute atomic E-state index is 0.696. The summed E-state index contributed by atoms with van der Waals surface area (Å²) in [5, 5.41) is 4.15. The first-order valence-electron chi connectivity index (χ1n) is 6.40. The fourth-order valence-electron chi connectivity index (χ4n) is 2.10. The van der Waals surface area contributed by atoms with Crippen molar-refractivity contribution in [3.8, 4) is 5.69 Å². The summed E-state index contributed by atoms with van der Waals surface area (Å²) in [6.07, 6.45) is 5.38. The van der Waals surface area contributed by atoms with Crippen LogP contribution < -0.4 is 5.32 Å². The average Bonchev–Trinajstić information content (AvgIpc) is 3.07. The van der Waals surface area contributed by atoms with E-state index in [4.69, 9.17) is 11.6 Å². The van der Waals surface area contributed by atoms with E-state index in [9.17, 15) is 0 Å². The lowest BCUT2D eigenvalue weighted by atomic mass is 10.2. The Hall–Kier alpha value is -1.30. The number of thiophene rings is 1. The smallest absolute Gasteiger partial charge is 0.0992 e. The van der Waals surface area contributed by atoms with Crippen LogP contribution in [-0.2, 0) is 6.54 Å². The van der Waals surface area contributed by atoms with Gasteiger partial charge in [-0.2, -0.15) is 0 Å². The number of hydrogen-bond donors (Lipinski definition) is 1. The third kappa shape index (κ3) is 3.15. The van der Waals surface area contributed by atoms with E-state index in [1.54, 1.807) is 23.9 Å². The third-order valence-corrected chi connectivity index (χ3v) is 5.55. The first-order chi connectivity index (χ1) is 10.1. The van der Waals surface area contributed by atoms with Crippen molar-refractivity contribution in [2.24, 2.45) is 0 Å². The van der Waals surface area contributed by atoms with E-state index in [-0.39, 0.29) is 0 Å². The minimum Gasteiger partial charge on any atom is -0.378 e. The van der Waals surface area contributed by atoms with Gasteiger partial charge >= 0.3 is 0 Å². The second kappa shape index (κ2) is 6.22. The summed E-state index contributed by atoms with van der Waals surface area (Å²) < 4.78 is 3.07. The molecule has 0 saturated carbocycles. The van der Waals surface area contributed by atoms with Crippen molar-refractivity contribution in [3.63, 3.8) is 0 Å². The Morgan fingerprint density at radius 2 is 2.29 bits per heavy atom. The predicted molar refractivity (Wildman–Crippen MR) is 92.7 cm³/mol. The maximum absolute atomic E-state index is 6.34. The Morgan fingerprint density at radius 1 is 1.43 bits per heavy atom. The zero-order valence-electron chi connectivity index (χ0n) is 11.3. The van der Waals surface area contributed by atoms with Crippen LogP contribution in [0.2, 0.25) is 5.02 Å². The highest BCUT2D eigenvalue weighted by molar-refractivity contribution is 9.10. The molecule has 2 heterocycles. The van der Waals surface area contributed by atoms with E-state index in [1.807, 2.05) is 29.0 Å². The molecular formula is C15H13BrClN3S. The molecule has 2 aromatic heterocycles. The molecule has 0 amide bonds. The molecule has 1 aromatic carbocycles. The zero-order chi connectivity index (χ0) is 14.8. The standard InChI is InChI=1S/C15H13BrClN3S/c1-10-12(16)7-11(21-10)8-19-14-4-2-3-13(17)15(14)20-6-5-18-9-20/h2-7,9,19H,8H2,1H3. The number of benzene rings is 1.